The summed E-state index contributed by atoms with van der Waals surface area (Å²) in [5, 5.41) is 1.28. The monoisotopic (exact) mass is 196 g/mol. The molecule has 1 heterocycles. The first-order valence-electron chi connectivity index (χ1n) is 4.78. The second-order valence-corrected chi connectivity index (χ2v) is 5.42. The number of thiazole rings is 1. The summed E-state index contributed by atoms with van der Waals surface area (Å²) in [5.41, 5.74) is 7.35. The lowest BCUT2D eigenvalue weighted by Crippen LogP contribution is -2.17. The van der Waals surface area contributed by atoms with E-state index in [4.69, 9.17) is 5.73 Å². The van der Waals surface area contributed by atoms with Crippen LogP contribution in [0.2, 0.25) is 0 Å². The fourth-order valence-electron chi connectivity index (χ4n) is 1.57. The van der Waals surface area contributed by atoms with Gasteiger partial charge in [0.1, 0.15) is 0 Å². The summed E-state index contributed by atoms with van der Waals surface area (Å²) in [4.78, 5) is 5.90. The lowest BCUT2D eigenvalue weighted by atomic mass is 10.0. The highest BCUT2D eigenvalue weighted by Gasteiger charge is 2.41. The van der Waals surface area contributed by atoms with E-state index < -0.39 is 0 Å². The van der Waals surface area contributed by atoms with Crippen molar-refractivity contribution in [1.29, 1.82) is 0 Å². The average molecular weight is 196 g/mol. The summed E-state index contributed by atoms with van der Waals surface area (Å²) in [6, 6.07) is 0. The summed E-state index contributed by atoms with van der Waals surface area (Å²) < 4.78 is 0. The van der Waals surface area contributed by atoms with Crippen molar-refractivity contribution in [3.05, 3.63) is 15.6 Å². The van der Waals surface area contributed by atoms with Crippen LogP contribution < -0.4 is 5.73 Å². The van der Waals surface area contributed by atoms with Gasteiger partial charge in [-0.15, -0.1) is 11.3 Å². The molecule has 0 aliphatic heterocycles. The highest BCUT2D eigenvalue weighted by atomic mass is 32.1. The minimum atomic E-state index is 0.427. The third kappa shape index (κ3) is 1.76. The molecule has 0 bridgehead atoms. The van der Waals surface area contributed by atoms with Gasteiger partial charge in [-0.1, -0.05) is 0 Å². The van der Waals surface area contributed by atoms with Crippen LogP contribution in [0, 0.1) is 19.3 Å². The molecule has 0 atom stereocenters. The molecule has 0 unspecified atom stereocenters. The van der Waals surface area contributed by atoms with Crippen molar-refractivity contribution >= 4 is 11.3 Å². The van der Waals surface area contributed by atoms with E-state index >= 15 is 0 Å². The van der Waals surface area contributed by atoms with E-state index in [1.54, 1.807) is 0 Å². The Bertz CT molecular complexity index is 293. The van der Waals surface area contributed by atoms with Crippen molar-refractivity contribution in [1.82, 2.24) is 4.98 Å². The Balaban J connectivity index is 2.10. The summed E-state index contributed by atoms with van der Waals surface area (Å²) >= 11 is 1.83. The van der Waals surface area contributed by atoms with Crippen LogP contribution in [-0.4, -0.2) is 11.5 Å². The van der Waals surface area contributed by atoms with Crippen LogP contribution in [0.4, 0.5) is 0 Å². The number of aromatic nitrogens is 1. The molecular formula is C10H16N2S. The van der Waals surface area contributed by atoms with Gasteiger partial charge in [0.05, 0.1) is 10.7 Å². The Morgan fingerprint density at radius 1 is 1.46 bits per heavy atom. The maximum atomic E-state index is 5.74. The molecule has 0 amide bonds. The van der Waals surface area contributed by atoms with E-state index in [1.807, 2.05) is 11.3 Å². The topological polar surface area (TPSA) is 38.9 Å². The SMILES string of the molecule is Cc1nc(CC2(CN)CC2)sc1C. The highest BCUT2D eigenvalue weighted by molar-refractivity contribution is 7.11. The molecule has 1 saturated carbocycles. The van der Waals surface area contributed by atoms with Gasteiger partial charge in [0.25, 0.3) is 0 Å². The Morgan fingerprint density at radius 3 is 2.54 bits per heavy atom. The first-order valence-corrected chi connectivity index (χ1v) is 5.60. The molecule has 72 valence electrons. The van der Waals surface area contributed by atoms with Crippen molar-refractivity contribution in [2.75, 3.05) is 6.54 Å². The van der Waals surface area contributed by atoms with Crippen LogP contribution in [0.3, 0.4) is 0 Å². The molecule has 0 spiro atoms. The number of hydrogen-bond acceptors (Lipinski definition) is 3. The summed E-state index contributed by atoms with van der Waals surface area (Å²) in [6.45, 7) is 5.04. The predicted octanol–water partition coefficient (Wildman–Crippen LogP) is 2.04. The van der Waals surface area contributed by atoms with Crippen molar-refractivity contribution in [3.8, 4) is 0 Å². The molecule has 1 aliphatic rings. The molecule has 2 rings (SSSR count). The van der Waals surface area contributed by atoms with E-state index in [2.05, 4.69) is 18.8 Å². The Kier molecular flexibility index (Phi) is 2.16. The van der Waals surface area contributed by atoms with E-state index in [0.717, 1.165) is 13.0 Å². The summed E-state index contributed by atoms with van der Waals surface area (Å²) in [7, 11) is 0. The number of hydrogen-bond donors (Lipinski definition) is 1. The second-order valence-electron chi connectivity index (χ2n) is 4.13. The molecule has 1 aliphatic carbocycles. The van der Waals surface area contributed by atoms with Gasteiger partial charge in [0.2, 0.25) is 0 Å². The van der Waals surface area contributed by atoms with Crippen LogP contribution in [0.15, 0.2) is 0 Å². The summed E-state index contributed by atoms with van der Waals surface area (Å²) in [5.74, 6) is 0. The van der Waals surface area contributed by atoms with E-state index in [0.29, 0.717) is 5.41 Å². The Morgan fingerprint density at radius 2 is 2.15 bits per heavy atom. The molecule has 2 nitrogen and oxygen atoms in total. The fraction of sp³-hybridized carbons (Fsp3) is 0.700. The fourth-order valence-corrected chi connectivity index (χ4v) is 2.67. The minimum Gasteiger partial charge on any atom is -0.330 e. The minimum absolute atomic E-state index is 0.427. The maximum absolute atomic E-state index is 5.74. The normalized spacial score (nSPS) is 19.0. The molecule has 13 heavy (non-hydrogen) atoms. The van der Waals surface area contributed by atoms with Gasteiger partial charge in [-0.25, -0.2) is 4.98 Å². The Hall–Kier alpha value is -0.410. The number of nitrogens with zero attached hydrogens (tertiary/aromatic N) is 1. The van der Waals surface area contributed by atoms with Crippen LogP contribution in [0.5, 0.6) is 0 Å². The highest BCUT2D eigenvalue weighted by Crippen LogP contribution is 2.47. The van der Waals surface area contributed by atoms with E-state index in [9.17, 15) is 0 Å². The predicted molar refractivity (Wildman–Crippen MR) is 56.0 cm³/mol. The molecule has 1 fully saturated rings. The van der Waals surface area contributed by atoms with Crippen molar-refractivity contribution in [2.45, 2.75) is 33.1 Å². The second kappa shape index (κ2) is 3.07. The molecule has 3 heteroatoms. The average Bonchev–Trinajstić information content (AvgIpc) is 2.78. The maximum Gasteiger partial charge on any atom is 0.0936 e. The van der Waals surface area contributed by atoms with E-state index in [1.165, 1.54) is 28.4 Å². The quantitative estimate of drug-likeness (QED) is 0.803. The Labute approximate surface area is 83.2 Å². The smallest absolute Gasteiger partial charge is 0.0936 e. The molecule has 2 N–H and O–H groups in total. The van der Waals surface area contributed by atoms with Crippen molar-refractivity contribution in [3.63, 3.8) is 0 Å². The molecule has 1 aromatic heterocycles. The van der Waals surface area contributed by atoms with Gasteiger partial charge >= 0.3 is 0 Å². The van der Waals surface area contributed by atoms with Crippen molar-refractivity contribution in [2.24, 2.45) is 11.1 Å². The third-order valence-electron chi connectivity index (χ3n) is 2.99. The lowest BCUT2D eigenvalue weighted by molar-refractivity contribution is 0.519. The number of rotatable bonds is 3. The zero-order valence-corrected chi connectivity index (χ0v) is 9.08. The van der Waals surface area contributed by atoms with E-state index in [-0.39, 0.29) is 0 Å². The third-order valence-corrected chi connectivity index (χ3v) is 4.06. The standard InChI is InChI=1S/C10H16N2S/c1-7-8(2)13-9(12-7)5-10(6-11)3-4-10/h3-6,11H2,1-2H3. The van der Waals surface area contributed by atoms with Gasteiger partial charge in [-0.05, 0) is 38.6 Å². The van der Waals surface area contributed by atoms with Crippen LogP contribution in [0.1, 0.15) is 28.4 Å². The largest absolute Gasteiger partial charge is 0.330 e. The number of nitrogens with two attached hydrogens (primary N) is 1. The zero-order chi connectivity index (χ0) is 9.47. The molecular weight excluding hydrogens is 180 g/mol. The first kappa shape index (κ1) is 9.16. The molecule has 0 radical (unpaired) electrons. The van der Waals surface area contributed by atoms with Crippen LogP contribution in [0.25, 0.3) is 0 Å². The van der Waals surface area contributed by atoms with Gasteiger partial charge in [0.15, 0.2) is 0 Å². The first-order chi connectivity index (χ1) is 6.15. The van der Waals surface area contributed by atoms with Crippen LogP contribution in [-0.2, 0) is 6.42 Å². The molecule has 0 saturated heterocycles. The van der Waals surface area contributed by atoms with Crippen LogP contribution >= 0.6 is 11.3 Å². The van der Waals surface area contributed by atoms with Gasteiger partial charge in [-0.3, -0.25) is 0 Å². The lowest BCUT2D eigenvalue weighted by Gasteiger charge is -2.08. The van der Waals surface area contributed by atoms with Gasteiger partial charge < -0.3 is 5.73 Å². The van der Waals surface area contributed by atoms with Gasteiger partial charge in [0, 0.05) is 11.3 Å². The number of aryl methyl sites for hydroxylation is 2. The van der Waals surface area contributed by atoms with Gasteiger partial charge in [-0.2, -0.15) is 0 Å². The zero-order valence-electron chi connectivity index (χ0n) is 8.26. The summed E-state index contributed by atoms with van der Waals surface area (Å²) in [6.07, 6.45) is 3.69. The molecule has 1 aromatic rings. The van der Waals surface area contributed by atoms with Crippen molar-refractivity contribution < 1.29 is 0 Å². The molecule has 0 aromatic carbocycles.